The summed E-state index contributed by atoms with van der Waals surface area (Å²) in [5.74, 6) is 0.290. The molecule has 21 heavy (non-hydrogen) atoms. The van der Waals surface area contributed by atoms with Crippen LogP contribution >= 0.6 is 0 Å². The summed E-state index contributed by atoms with van der Waals surface area (Å²) in [6, 6.07) is 0. The number of hydrogen-bond acceptors (Lipinski definition) is 4. The number of carbonyl (C=O) groups is 1. The van der Waals surface area contributed by atoms with Crippen molar-refractivity contribution in [3.63, 3.8) is 0 Å². The predicted molar refractivity (Wildman–Crippen MR) is 82.9 cm³/mol. The maximum Gasteiger partial charge on any atom is 0.356 e. The number of carboxylic acids is 1. The van der Waals surface area contributed by atoms with Gasteiger partial charge in [-0.05, 0) is 17.8 Å². The Hall–Kier alpha value is -1.65. The molecule has 2 heterocycles. The van der Waals surface area contributed by atoms with Crippen LogP contribution in [-0.2, 0) is 0 Å². The lowest BCUT2D eigenvalue weighted by Crippen LogP contribution is -2.27. The highest BCUT2D eigenvalue weighted by molar-refractivity contribution is 5.92. The number of rotatable bonds is 3. The second-order valence-corrected chi connectivity index (χ2v) is 7.22. The van der Waals surface area contributed by atoms with Crippen molar-refractivity contribution in [2.24, 2.45) is 11.3 Å². The van der Waals surface area contributed by atoms with Gasteiger partial charge in [-0.2, -0.15) is 0 Å². The van der Waals surface area contributed by atoms with Crippen LogP contribution in [0.1, 0.15) is 63.3 Å². The summed E-state index contributed by atoms with van der Waals surface area (Å²) in [5.41, 5.74) is 1.01. The van der Waals surface area contributed by atoms with Crippen molar-refractivity contribution < 1.29 is 9.90 Å². The Morgan fingerprint density at radius 2 is 2.10 bits per heavy atom. The molecule has 1 aromatic heterocycles. The molecule has 116 valence electrons. The minimum atomic E-state index is -0.978. The fourth-order valence-electron chi connectivity index (χ4n) is 2.74. The molecule has 2 rings (SSSR count). The minimum Gasteiger partial charge on any atom is -0.476 e. The van der Waals surface area contributed by atoms with Crippen LogP contribution in [0.3, 0.4) is 0 Å². The van der Waals surface area contributed by atoms with Crippen LogP contribution in [0.5, 0.6) is 0 Å². The third kappa shape index (κ3) is 3.34. The Kier molecular flexibility index (Phi) is 4.21. The van der Waals surface area contributed by atoms with E-state index < -0.39 is 5.97 Å². The van der Waals surface area contributed by atoms with Gasteiger partial charge in [-0.1, -0.05) is 34.6 Å². The first-order valence-corrected chi connectivity index (χ1v) is 7.55. The molecule has 1 N–H and O–H groups in total. The first kappa shape index (κ1) is 15.7. The molecule has 5 nitrogen and oxygen atoms in total. The Morgan fingerprint density at radius 3 is 2.57 bits per heavy atom. The van der Waals surface area contributed by atoms with Crippen molar-refractivity contribution in [1.29, 1.82) is 0 Å². The van der Waals surface area contributed by atoms with Crippen LogP contribution in [0.15, 0.2) is 6.20 Å². The SMILES string of the molecule is CC(C)c1ncc(N2CCC(C(C)(C)C)C2)c(C(=O)O)n1. The van der Waals surface area contributed by atoms with Gasteiger partial charge in [0.1, 0.15) is 5.82 Å². The molecule has 0 aromatic carbocycles. The molecule has 0 amide bonds. The molecule has 0 saturated carbocycles. The molecule has 1 fully saturated rings. The molecule has 1 aliphatic rings. The van der Waals surface area contributed by atoms with Crippen molar-refractivity contribution in [1.82, 2.24) is 9.97 Å². The zero-order chi connectivity index (χ0) is 15.8. The van der Waals surface area contributed by atoms with Crippen molar-refractivity contribution in [2.45, 2.75) is 47.0 Å². The fraction of sp³-hybridized carbons (Fsp3) is 0.688. The highest BCUT2D eigenvalue weighted by Crippen LogP contribution is 2.36. The normalized spacial score (nSPS) is 19.3. The Labute approximate surface area is 126 Å². The Bertz CT molecular complexity index is 535. The second kappa shape index (κ2) is 5.62. The monoisotopic (exact) mass is 291 g/mol. The smallest absolute Gasteiger partial charge is 0.356 e. The molecule has 1 saturated heterocycles. The van der Waals surface area contributed by atoms with E-state index in [9.17, 15) is 9.90 Å². The van der Waals surface area contributed by atoms with Crippen molar-refractivity contribution >= 4 is 11.7 Å². The third-order valence-corrected chi connectivity index (χ3v) is 4.26. The molecule has 1 aliphatic heterocycles. The summed E-state index contributed by atoms with van der Waals surface area (Å²) < 4.78 is 0. The molecule has 1 aromatic rings. The number of aromatic nitrogens is 2. The van der Waals surface area contributed by atoms with Gasteiger partial charge in [0.05, 0.1) is 11.9 Å². The molecule has 0 spiro atoms. The summed E-state index contributed by atoms with van der Waals surface area (Å²) in [4.78, 5) is 22.2. The van der Waals surface area contributed by atoms with Crippen LogP contribution in [0.4, 0.5) is 5.69 Å². The van der Waals surface area contributed by atoms with Gasteiger partial charge in [-0.15, -0.1) is 0 Å². The Morgan fingerprint density at radius 1 is 1.43 bits per heavy atom. The van der Waals surface area contributed by atoms with Gasteiger partial charge in [0.25, 0.3) is 0 Å². The minimum absolute atomic E-state index is 0.123. The highest BCUT2D eigenvalue weighted by Gasteiger charge is 2.33. The first-order valence-electron chi connectivity index (χ1n) is 7.55. The van der Waals surface area contributed by atoms with E-state index in [-0.39, 0.29) is 17.0 Å². The van der Waals surface area contributed by atoms with Gasteiger partial charge in [0.2, 0.25) is 0 Å². The lowest BCUT2D eigenvalue weighted by Gasteiger charge is -2.27. The molecule has 0 aliphatic carbocycles. The predicted octanol–water partition coefficient (Wildman–Crippen LogP) is 3.17. The number of carboxylic acid groups (broad SMARTS) is 1. The maximum atomic E-state index is 11.5. The maximum absolute atomic E-state index is 11.5. The zero-order valence-electron chi connectivity index (χ0n) is 13.6. The molecule has 1 atom stereocenters. The average Bonchev–Trinajstić information content (AvgIpc) is 2.87. The largest absolute Gasteiger partial charge is 0.476 e. The standard InChI is InChI=1S/C16H25N3O2/c1-10(2)14-17-8-12(13(18-14)15(20)21)19-7-6-11(9-19)16(3,4)5/h8,10-11H,6-7,9H2,1-5H3,(H,20,21). The van der Waals surface area contributed by atoms with E-state index >= 15 is 0 Å². The Balaban J connectivity index is 2.30. The van der Waals surface area contributed by atoms with Gasteiger partial charge in [0.15, 0.2) is 5.69 Å². The lowest BCUT2D eigenvalue weighted by molar-refractivity contribution is 0.0690. The van der Waals surface area contributed by atoms with Crippen LogP contribution in [0.25, 0.3) is 0 Å². The van der Waals surface area contributed by atoms with Gasteiger partial charge in [-0.25, -0.2) is 14.8 Å². The number of nitrogens with zero attached hydrogens (tertiary/aromatic N) is 3. The van der Waals surface area contributed by atoms with E-state index in [1.54, 1.807) is 6.20 Å². The van der Waals surface area contributed by atoms with Crippen LogP contribution in [0, 0.1) is 11.3 Å². The van der Waals surface area contributed by atoms with E-state index in [4.69, 9.17) is 0 Å². The summed E-state index contributed by atoms with van der Waals surface area (Å²) in [5, 5.41) is 9.44. The summed E-state index contributed by atoms with van der Waals surface area (Å²) in [6.07, 6.45) is 2.76. The van der Waals surface area contributed by atoms with E-state index in [0.29, 0.717) is 17.4 Å². The summed E-state index contributed by atoms with van der Waals surface area (Å²) in [7, 11) is 0. The molecule has 0 radical (unpaired) electrons. The van der Waals surface area contributed by atoms with Crippen LogP contribution in [-0.4, -0.2) is 34.1 Å². The molecular formula is C16H25N3O2. The molecule has 1 unspecified atom stereocenters. The first-order chi connectivity index (χ1) is 9.70. The number of hydrogen-bond donors (Lipinski definition) is 1. The summed E-state index contributed by atoms with van der Waals surface area (Å²) in [6.45, 7) is 12.4. The number of anilines is 1. The van der Waals surface area contributed by atoms with E-state index in [1.165, 1.54) is 0 Å². The zero-order valence-corrected chi connectivity index (χ0v) is 13.6. The average molecular weight is 291 g/mol. The van der Waals surface area contributed by atoms with Gasteiger partial charge in [0, 0.05) is 19.0 Å². The van der Waals surface area contributed by atoms with Crippen molar-refractivity contribution in [3.8, 4) is 0 Å². The van der Waals surface area contributed by atoms with Crippen molar-refractivity contribution in [2.75, 3.05) is 18.0 Å². The van der Waals surface area contributed by atoms with Gasteiger partial charge >= 0.3 is 5.97 Å². The van der Waals surface area contributed by atoms with Crippen LogP contribution < -0.4 is 4.90 Å². The van der Waals surface area contributed by atoms with Gasteiger partial charge < -0.3 is 10.0 Å². The third-order valence-electron chi connectivity index (χ3n) is 4.26. The molecule has 5 heteroatoms. The van der Waals surface area contributed by atoms with E-state index in [1.807, 2.05) is 13.8 Å². The van der Waals surface area contributed by atoms with E-state index in [2.05, 4.69) is 35.6 Å². The fourth-order valence-corrected chi connectivity index (χ4v) is 2.74. The molecular weight excluding hydrogens is 266 g/mol. The quantitative estimate of drug-likeness (QED) is 0.926. The van der Waals surface area contributed by atoms with Gasteiger partial charge in [-0.3, -0.25) is 0 Å². The topological polar surface area (TPSA) is 66.3 Å². The summed E-state index contributed by atoms with van der Waals surface area (Å²) >= 11 is 0. The van der Waals surface area contributed by atoms with Crippen LogP contribution in [0.2, 0.25) is 0 Å². The number of aromatic carboxylic acids is 1. The van der Waals surface area contributed by atoms with Crippen molar-refractivity contribution in [3.05, 3.63) is 17.7 Å². The lowest BCUT2D eigenvalue weighted by atomic mass is 9.80. The molecule has 0 bridgehead atoms. The highest BCUT2D eigenvalue weighted by atomic mass is 16.4. The van der Waals surface area contributed by atoms with E-state index in [0.717, 1.165) is 19.5 Å². The second-order valence-electron chi connectivity index (χ2n) is 7.22.